The molecule has 7 nitrogen and oxygen atoms in total. The number of amides is 3. The fourth-order valence-electron chi connectivity index (χ4n) is 3.67. The molecular weight excluding hydrogens is 368 g/mol. The molecule has 1 aromatic carbocycles. The highest BCUT2D eigenvalue weighted by Gasteiger charge is 2.28. The molecule has 1 aromatic rings. The van der Waals surface area contributed by atoms with Crippen molar-refractivity contribution in [3.63, 3.8) is 0 Å². The molecule has 0 saturated carbocycles. The molecule has 27 heavy (non-hydrogen) atoms. The van der Waals surface area contributed by atoms with Gasteiger partial charge in [0, 0.05) is 25.2 Å². The number of piperidine rings is 2. The Bertz CT molecular complexity index is 732. The number of carbonyl (C=O) groups excluding carboxylic acids is 3. The van der Waals surface area contributed by atoms with E-state index in [0.29, 0.717) is 22.9 Å². The van der Waals surface area contributed by atoms with E-state index in [2.05, 4.69) is 15.5 Å². The van der Waals surface area contributed by atoms with Gasteiger partial charge >= 0.3 is 0 Å². The molecule has 0 aliphatic carbocycles. The lowest BCUT2D eigenvalue weighted by Gasteiger charge is -2.33. The summed E-state index contributed by atoms with van der Waals surface area (Å²) in [5, 5.41) is 5.23. The SMILES string of the molecule is NCCC1CCN(c2ccc(C(=O)NC3CCC(=O)NC3=O)c(Cl)c2)CC1. The lowest BCUT2D eigenvalue weighted by Crippen LogP contribution is -2.52. The summed E-state index contributed by atoms with van der Waals surface area (Å²) >= 11 is 6.34. The van der Waals surface area contributed by atoms with Crippen molar-refractivity contribution in [1.82, 2.24) is 10.6 Å². The maximum absolute atomic E-state index is 12.5. The largest absolute Gasteiger partial charge is 0.371 e. The molecule has 8 heteroatoms. The monoisotopic (exact) mass is 392 g/mol. The van der Waals surface area contributed by atoms with Crippen LogP contribution in [-0.4, -0.2) is 43.4 Å². The van der Waals surface area contributed by atoms with E-state index < -0.39 is 17.9 Å². The third-order valence-electron chi connectivity index (χ3n) is 5.30. The number of hydrogen-bond donors (Lipinski definition) is 3. The number of nitrogens with one attached hydrogen (secondary N) is 2. The van der Waals surface area contributed by atoms with Crippen LogP contribution >= 0.6 is 11.6 Å². The lowest BCUT2D eigenvalue weighted by atomic mass is 9.93. The number of nitrogens with zero attached hydrogens (tertiary/aromatic N) is 1. The van der Waals surface area contributed by atoms with Crippen LogP contribution in [0.4, 0.5) is 5.69 Å². The molecule has 1 atom stereocenters. The Balaban J connectivity index is 1.62. The molecule has 2 heterocycles. The number of hydrogen-bond acceptors (Lipinski definition) is 5. The summed E-state index contributed by atoms with van der Waals surface area (Å²) in [6.45, 7) is 2.62. The summed E-state index contributed by atoms with van der Waals surface area (Å²) in [7, 11) is 0. The Morgan fingerprint density at radius 3 is 2.63 bits per heavy atom. The Hall–Kier alpha value is -2.12. The van der Waals surface area contributed by atoms with Gasteiger partial charge in [-0.3, -0.25) is 19.7 Å². The van der Waals surface area contributed by atoms with E-state index in [0.717, 1.165) is 44.6 Å². The molecule has 3 rings (SSSR count). The summed E-state index contributed by atoms with van der Waals surface area (Å²) in [5.41, 5.74) is 6.95. The van der Waals surface area contributed by atoms with Crippen molar-refractivity contribution >= 4 is 35.0 Å². The zero-order chi connectivity index (χ0) is 19.4. The van der Waals surface area contributed by atoms with Gasteiger partial charge in [-0.05, 0) is 56.3 Å². The lowest BCUT2D eigenvalue weighted by molar-refractivity contribution is -0.134. The molecule has 2 fully saturated rings. The van der Waals surface area contributed by atoms with Gasteiger partial charge in [-0.1, -0.05) is 11.6 Å². The number of benzene rings is 1. The van der Waals surface area contributed by atoms with Crippen molar-refractivity contribution in [2.24, 2.45) is 11.7 Å². The predicted molar refractivity (Wildman–Crippen MR) is 104 cm³/mol. The van der Waals surface area contributed by atoms with Gasteiger partial charge in [0.1, 0.15) is 6.04 Å². The molecule has 0 aromatic heterocycles. The quantitative estimate of drug-likeness (QED) is 0.658. The van der Waals surface area contributed by atoms with Crippen molar-refractivity contribution in [3.05, 3.63) is 28.8 Å². The molecule has 146 valence electrons. The second-order valence-corrected chi connectivity index (χ2v) is 7.56. The van der Waals surface area contributed by atoms with Gasteiger partial charge in [0.25, 0.3) is 5.91 Å². The highest BCUT2D eigenvalue weighted by Crippen LogP contribution is 2.28. The van der Waals surface area contributed by atoms with Gasteiger partial charge in [-0.2, -0.15) is 0 Å². The Labute approximate surface area is 163 Å². The highest BCUT2D eigenvalue weighted by atomic mass is 35.5. The van der Waals surface area contributed by atoms with Crippen molar-refractivity contribution in [1.29, 1.82) is 0 Å². The molecule has 2 aliphatic rings. The van der Waals surface area contributed by atoms with E-state index in [-0.39, 0.29) is 12.3 Å². The maximum Gasteiger partial charge on any atom is 0.253 e. The van der Waals surface area contributed by atoms with E-state index in [1.807, 2.05) is 6.07 Å². The number of carbonyl (C=O) groups is 3. The Morgan fingerprint density at radius 2 is 2.00 bits per heavy atom. The third kappa shape index (κ3) is 4.78. The topological polar surface area (TPSA) is 105 Å². The normalized spacial score (nSPS) is 21.1. The zero-order valence-electron chi connectivity index (χ0n) is 15.2. The van der Waals surface area contributed by atoms with Gasteiger partial charge in [0.15, 0.2) is 0 Å². The molecular formula is C19H25ClN4O3. The molecule has 3 amide bonds. The number of anilines is 1. The minimum Gasteiger partial charge on any atom is -0.371 e. The fourth-order valence-corrected chi connectivity index (χ4v) is 3.93. The van der Waals surface area contributed by atoms with Gasteiger partial charge in [-0.25, -0.2) is 0 Å². The number of nitrogens with two attached hydrogens (primary N) is 1. The predicted octanol–water partition coefficient (Wildman–Crippen LogP) is 1.44. The standard InChI is InChI=1S/C19H25ClN4O3/c20-15-11-13(24-9-6-12(5-8-21)7-10-24)1-2-14(15)18(26)22-16-3-4-17(25)23-19(16)27/h1-2,11-12,16H,3-10,21H2,(H,22,26)(H,23,25,27). The van der Waals surface area contributed by atoms with Gasteiger partial charge in [0.05, 0.1) is 10.6 Å². The van der Waals surface area contributed by atoms with Crippen LogP contribution in [-0.2, 0) is 9.59 Å². The summed E-state index contributed by atoms with van der Waals surface area (Å²) in [5.74, 6) is -0.529. The third-order valence-corrected chi connectivity index (χ3v) is 5.61. The Kier molecular flexibility index (Phi) is 6.34. The minimum absolute atomic E-state index is 0.212. The summed E-state index contributed by atoms with van der Waals surface area (Å²) in [6.07, 6.45) is 3.78. The molecule has 2 saturated heterocycles. The first-order valence-electron chi connectivity index (χ1n) is 9.37. The van der Waals surface area contributed by atoms with Gasteiger partial charge < -0.3 is 16.0 Å². The smallest absolute Gasteiger partial charge is 0.253 e. The number of imide groups is 1. The van der Waals surface area contributed by atoms with Crippen LogP contribution in [0, 0.1) is 5.92 Å². The van der Waals surface area contributed by atoms with Crippen molar-refractivity contribution < 1.29 is 14.4 Å². The van der Waals surface area contributed by atoms with Crippen molar-refractivity contribution in [3.8, 4) is 0 Å². The second kappa shape index (κ2) is 8.71. The second-order valence-electron chi connectivity index (χ2n) is 7.15. The number of rotatable bonds is 5. The van der Waals surface area contributed by atoms with Crippen molar-refractivity contribution in [2.45, 2.75) is 38.1 Å². The summed E-state index contributed by atoms with van der Waals surface area (Å²) < 4.78 is 0. The molecule has 0 spiro atoms. The molecule has 4 N–H and O–H groups in total. The van der Waals surface area contributed by atoms with E-state index in [9.17, 15) is 14.4 Å². The van der Waals surface area contributed by atoms with E-state index in [4.69, 9.17) is 17.3 Å². The van der Waals surface area contributed by atoms with Crippen LogP contribution in [0.5, 0.6) is 0 Å². The first kappa shape index (κ1) is 19.6. The van der Waals surface area contributed by atoms with Crippen LogP contribution in [0.15, 0.2) is 18.2 Å². The maximum atomic E-state index is 12.5. The number of halogens is 1. The highest BCUT2D eigenvalue weighted by molar-refractivity contribution is 6.34. The molecule has 0 bridgehead atoms. The van der Waals surface area contributed by atoms with Crippen LogP contribution in [0.25, 0.3) is 0 Å². The first-order valence-corrected chi connectivity index (χ1v) is 9.75. The first-order chi connectivity index (χ1) is 13.0. The van der Waals surface area contributed by atoms with Gasteiger partial charge in [0.2, 0.25) is 11.8 Å². The van der Waals surface area contributed by atoms with Crippen LogP contribution in [0.1, 0.15) is 42.5 Å². The van der Waals surface area contributed by atoms with Crippen molar-refractivity contribution in [2.75, 3.05) is 24.5 Å². The average Bonchev–Trinajstić information content (AvgIpc) is 2.65. The minimum atomic E-state index is -0.715. The van der Waals surface area contributed by atoms with Crippen LogP contribution in [0.3, 0.4) is 0 Å². The van der Waals surface area contributed by atoms with E-state index in [1.165, 1.54) is 0 Å². The van der Waals surface area contributed by atoms with Crippen LogP contribution in [0.2, 0.25) is 5.02 Å². The van der Waals surface area contributed by atoms with Crippen LogP contribution < -0.4 is 21.3 Å². The molecule has 2 aliphatic heterocycles. The molecule has 0 radical (unpaired) electrons. The van der Waals surface area contributed by atoms with E-state index in [1.54, 1.807) is 12.1 Å². The summed E-state index contributed by atoms with van der Waals surface area (Å²) in [4.78, 5) is 37.7. The van der Waals surface area contributed by atoms with Gasteiger partial charge in [-0.15, -0.1) is 0 Å². The average molecular weight is 393 g/mol. The summed E-state index contributed by atoms with van der Waals surface area (Å²) in [6, 6.07) is 4.65. The Morgan fingerprint density at radius 1 is 1.26 bits per heavy atom. The fraction of sp³-hybridized carbons (Fsp3) is 0.526. The zero-order valence-corrected chi connectivity index (χ0v) is 15.9. The molecule has 1 unspecified atom stereocenters. The van der Waals surface area contributed by atoms with E-state index >= 15 is 0 Å².